The van der Waals surface area contributed by atoms with Crippen molar-refractivity contribution in [1.82, 2.24) is 30.1 Å². The van der Waals surface area contributed by atoms with E-state index in [1.807, 2.05) is 61.5 Å². The van der Waals surface area contributed by atoms with Crippen LogP contribution in [0.4, 0.5) is 4.39 Å². The van der Waals surface area contributed by atoms with E-state index in [4.69, 9.17) is 4.74 Å². The molecule has 0 bridgehead atoms. The van der Waals surface area contributed by atoms with Gasteiger partial charge in [0.15, 0.2) is 5.82 Å². The van der Waals surface area contributed by atoms with Gasteiger partial charge in [0.05, 0.1) is 18.7 Å². The van der Waals surface area contributed by atoms with Crippen LogP contribution in [0, 0.1) is 12.7 Å². The summed E-state index contributed by atoms with van der Waals surface area (Å²) in [5.41, 5.74) is 4.05. The number of rotatable bonds is 10. The zero-order chi connectivity index (χ0) is 26.5. The van der Waals surface area contributed by atoms with E-state index in [1.54, 1.807) is 23.9 Å². The minimum absolute atomic E-state index is 0.213. The number of aryl methyl sites for hydroxylation is 1. The number of halogens is 1. The van der Waals surface area contributed by atoms with Crippen molar-refractivity contribution in [2.24, 2.45) is 0 Å². The second-order valence-corrected chi connectivity index (χ2v) is 9.27. The topological polar surface area (TPSA) is 88.9 Å². The molecule has 2 heterocycles. The van der Waals surface area contributed by atoms with Gasteiger partial charge in [0.25, 0.3) is 5.56 Å². The zero-order valence-electron chi connectivity index (χ0n) is 21.3. The quantitative estimate of drug-likeness (QED) is 0.298. The molecule has 0 aliphatic carbocycles. The molecule has 194 valence electrons. The number of methoxy groups -OCH3 is 1. The Kier molecular flexibility index (Phi) is 7.67. The molecule has 1 atom stereocenters. The molecular formula is C29H29FN6O2. The average molecular weight is 513 g/mol. The average Bonchev–Trinajstić information content (AvgIpc) is 3.38. The maximum Gasteiger partial charge on any atom is 0.253 e. The van der Waals surface area contributed by atoms with Gasteiger partial charge in [-0.3, -0.25) is 9.69 Å². The lowest BCUT2D eigenvalue weighted by atomic mass is 10.0. The fraction of sp³-hybridized carbons (Fsp3) is 0.241. The van der Waals surface area contributed by atoms with Gasteiger partial charge in [-0.25, -0.2) is 9.07 Å². The minimum Gasteiger partial charge on any atom is -0.383 e. The molecule has 0 aliphatic heterocycles. The van der Waals surface area contributed by atoms with Crippen LogP contribution >= 0.6 is 0 Å². The van der Waals surface area contributed by atoms with Gasteiger partial charge in [-0.1, -0.05) is 60.7 Å². The van der Waals surface area contributed by atoms with Crippen LogP contribution < -0.4 is 5.56 Å². The second-order valence-electron chi connectivity index (χ2n) is 9.27. The van der Waals surface area contributed by atoms with Gasteiger partial charge in [0.2, 0.25) is 0 Å². The molecule has 0 spiro atoms. The smallest absolute Gasteiger partial charge is 0.253 e. The minimum atomic E-state index is -0.597. The summed E-state index contributed by atoms with van der Waals surface area (Å²) in [6, 6.07) is 23.6. The van der Waals surface area contributed by atoms with Crippen LogP contribution in [0.1, 0.15) is 34.1 Å². The Morgan fingerprint density at radius 2 is 1.74 bits per heavy atom. The third kappa shape index (κ3) is 5.53. The molecule has 5 aromatic rings. The summed E-state index contributed by atoms with van der Waals surface area (Å²) < 4.78 is 20.7. The Balaban J connectivity index is 1.69. The van der Waals surface area contributed by atoms with Crippen LogP contribution in [0.5, 0.6) is 0 Å². The molecule has 0 aliphatic rings. The molecular weight excluding hydrogens is 483 g/mol. The fourth-order valence-electron chi connectivity index (χ4n) is 4.73. The highest BCUT2D eigenvalue weighted by molar-refractivity contribution is 5.82. The number of aromatic amines is 1. The number of hydrogen-bond donors (Lipinski definition) is 1. The number of pyridine rings is 1. The Morgan fingerprint density at radius 1 is 1.00 bits per heavy atom. The van der Waals surface area contributed by atoms with Gasteiger partial charge in [0, 0.05) is 25.8 Å². The summed E-state index contributed by atoms with van der Waals surface area (Å²) in [5.74, 6) is 0.224. The molecule has 38 heavy (non-hydrogen) atoms. The standard InChI is InChI=1S/C29H29FN6O2/c1-20-7-6-10-23-17-25(29(37)31-26(20)23)27(28-32-33-34-36(28)15-16-38-2)35(18-21-8-4-3-5-9-21)19-22-11-13-24(30)14-12-22/h3-14,17,27H,15-16,18-19H2,1-2H3,(H,31,37). The third-order valence-electron chi connectivity index (χ3n) is 6.62. The van der Waals surface area contributed by atoms with Crippen molar-refractivity contribution >= 4 is 10.9 Å². The first-order valence-corrected chi connectivity index (χ1v) is 12.4. The zero-order valence-corrected chi connectivity index (χ0v) is 21.3. The summed E-state index contributed by atoms with van der Waals surface area (Å²) in [6.07, 6.45) is 0. The van der Waals surface area contributed by atoms with Crippen molar-refractivity contribution in [3.63, 3.8) is 0 Å². The first-order chi connectivity index (χ1) is 18.5. The van der Waals surface area contributed by atoms with Crippen LogP contribution in [-0.2, 0) is 24.4 Å². The Labute approximate surface area is 219 Å². The van der Waals surface area contributed by atoms with E-state index in [9.17, 15) is 9.18 Å². The molecule has 3 aromatic carbocycles. The number of hydrogen-bond acceptors (Lipinski definition) is 6. The Bertz CT molecular complexity index is 1570. The van der Waals surface area contributed by atoms with Crippen LogP contribution in [0.25, 0.3) is 10.9 Å². The van der Waals surface area contributed by atoms with E-state index in [1.165, 1.54) is 12.1 Å². The number of benzene rings is 3. The molecule has 2 aromatic heterocycles. The van der Waals surface area contributed by atoms with Gasteiger partial charge in [-0.05, 0) is 57.6 Å². The maximum absolute atomic E-state index is 13.7. The molecule has 0 amide bonds. The summed E-state index contributed by atoms with van der Waals surface area (Å²) in [5, 5.41) is 13.5. The normalized spacial score (nSPS) is 12.3. The number of tetrazole rings is 1. The van der Waals surface area contributed by atoms with Gasteiger partial charge in [0.1, 0.15) is 11.9 Å². The van der Waals surface area contributed by atoms with Crippen molar-refractivity contribution in [3.8, 4) is 0 Å². The van der Waals surface area contributed by atoms with E-state index < -0.39 is 6.04 Å². The lowest BCUT2D eigenvalue weighted by Crippen LogP contribution is -2.35. The number of fused-ring (bicyclic) bond motifs is 1. The molecule has 5 rings (SSSR count). The number of para-hydroxylation sites is 1. The van der Waals surface area contributed by atoms with Crippen LogP contribution in [0.3, 0.4) is 0 Å². The molecule has 0 saturated heterocycles. The second kappa shape index (κ2) is 11.5. The summed E-state index contributed by atoms with van der Waals surface area (Å²) in [7, 11) is 1.62. The highest BCUT2D eigenvalue weighted by Gasteiger charge is 2.31. The molecule has 0 saturated carbocycles. The summed E-state index contributed by atoms with van der Waals surface area (Å²) >= 11 is 0. The predicted molar refractivity (Wildman–Crippen MR) is 143 cm³/mol. The first kappa shape index (κ1) is 25.4. The number of H-pyrrole nitrogens is 1. The van der Waals surface area contributed by atoms with Crippen LogP contribution in [0.15, 0.2) is 83.7 Å². The molecule has 0 radical (unpaired) electrons. The van der Waals surface area contributed by atoms with E-state index >= 15 is 0 Å². The highest BCUT2D eigenvalue weighted by Crippen LogP contribution is 2.30. The van der Waals surface area contributed by atoms with Gasteiger partial charge in [-0.2, -0.15) is 0 Å². The van der Waals surface area contributed by atoms with E-state index in [2.05, 4.69) is 25.4 Å². The van der Waals surface area contributed by atoms with Crippen molar-refractivity contribution in [3.05, 3.63) is 123 Å². The Morgan fingerprint density at radius 3 is 2.47 bits per heavy atom. The van der Waals surface area contributed by atoms with Crippen molar-refractivity contribution in [1.29, 1.82) is 0 Å². The van der Waals surface area contributed by atoms with Crippen LogP contribution in [0.2, 0.25) is 0 Å². The lowest BCUT2D eigenvalue weighted by Gasteiger charge is -2.31. The van der Waals surface area contributed by atoms with E-state index in [-0.39, 0.29) is 11.4 Å². The van der Waals surface area contributed by atoms with E-state index in [0.717, 1.165) is 27.6 Å². The van der Waals surface area contributed by atoms with Gasteiger partial charge >= 0.3 is 0 Å². The summed E-state index contributed by atoms with van der Waals surface area (Å²) in [4.78, 5) is 18.9. The number of nitrogens with one attached hydrogen (secondary N) is 1. The number of ether oxygens (including phenoxy) is 1. The van der Waals surface area contributed by atoms with E-state index in [0.29, 0.717) is 37.6 Å². The third-order valence-corrected chi connectivity index (χ3v) is 6.62. The highest BCUT2D eigenvalue weighted by atomic mass is 19.1. The fourth-order valence-corrected chi connectivity index (χ4v) is 4.73. The molecule has 0 fully saturated rings. The molecule has 1 N–H and O–H groups in total. The maximum atomic E-state index is 13.7. The largest absolute Gasteiger partial charge is 0.383 e. The van der Waals surface area contributed by atoms with Crippen molar-refractivity contribution in [2.45, 2.75) is 32.6 Å². The van der Waals surface area contributed by atoms with Crippen molar-refractivity contribution in [2.75, 3.05) is 13.7 Å². The monoisotopic (exact) mass is 512 g/mol. The lowest BCUT2D eigenvalue weighted by molar-refractivity contribution is 0.169. The molecule has 1 unspecified atom stereocenters. The van der Waals surface area contributed by atoms with Crippen molar-refractivity contribution < 1.29 is 9.13 Å². The predicted octanol–water partition coefficient (Wildman–Crippen LogP) is 4.40. The van der Waals surface area contributed by atoms with Gasteiger partial charge in [-0.15, -0.1) is 5.10 Å². The SMILES string of the molecule is COCCn1nnnc1C(c1cc2cccc(C)c2[nH]c1=O)N(Cc1ccccc1)Cc1ccc(F)cc1. The summed E-state index contributed by atoms with van der Waals surface area (Å²) in [6.45, 7) is 3.74. The number of aromatic nitrogens is 5. The first-order valence-electron chi connectivity index (χ1n) is 12.4. The van der Waals surface area contributed by atoms with Crippen LogP contribution in [-0.4, -0.2) is 43.8 Å². The Hall–Kier alpha value is -4.21. The molecule has 8 nitrogen and oxygen atoms in total. The number of nitrogens with zero attached hydrogens (tertiary/aromatic N) is 5. The van der Waals surface area contributed by atoms with Gasteiger partial charge < -0.3 is 9.72 Å². The molecule has 9 heteroatoms.